The number of amides is 1. The van der Waals surface area contributed by atoms with Gasteiger partial charge < -0.3 is 10.1 Å². The fourth-order valence-electron chi connectivity index (χ4n) is 2.88. The van der Waals surface area contributed by atoms with Crippen molar-refractivity contribution in [3.8, 4) is 5.75 Å². The average molecular weight is 296 g/mol. The van der Waals surface area contributed by atoms with Crippen LogP contribution < -0.4 is 10.1 Å². The molecule has 2 rings (SSSR count). The molecule has 1 aliphatic rings. The zero-order valence-electron chi connectivity index (χ0n) is 12.1. The molecule has 0 radical (unpaired) electrons. The molecule has 3 nitrogen and oxygen atoms in total. The number of nitrogens with one attached hydrogen (secondary N) is 1. The van der Waals surface area contributed by atoms with E-state index in [-0.39, 0.29) is 5.91 Å². The third-order valence-corrected chi connectivity index (χ3v) is 4.14. The van der Waals surface area contributed by atoms with Crippen LogP contribution in [0.4, 0.5) is 0 Å². The van der Waals surface area contributed by atoms with Gasteiger partial charge in [-0.05, 0) is 30.9 Å². The second-order valence-corrected chi connectivity index (χ2v) is 6.11. The van der Waals surface area contributed by atoms with E-state index in [1.54, 1.807) is 19.2 Å². The van der Waals surface area contributed by atoms with Crippen LogP contribution in [0.15, 0.2) is 18.2 Å². The summed E-state index contributed by atoms with van der Waals surface area (Å²) < 4.78 is 5.27. The van der Waals surface area contributed by atoms with Crippen molar-refractivity contribution in [3.63, 3.8) is 0 Å². The van der Waals surface area contributed by atoms with Crippen molar-refractivity contribution in [3.05, 3.63) is 28.8 Å². The van der Waals surface area contributed by atoms with Gasteiger partial charge in [0.2, 0.25) is 5.91 Å². The summed E-state index contributed by atoms with van der Waals surface area (Å²) in [7, 11) is 1.59. The number of hydrogen-bond donors (Lipinski definition) is 1. The van der Waals surface area contributed by atoms with Crippen LogP contribution in [-0.4, -0.2) is 19.1 Å². The maximum absolute atomic E-state index is 12.1. The van der Waals surface area contributed by atoms with Crippen molar-refractivity contribution in [2.24, 2.45) is 5.92 Å². The summed E-state index contributed by atoms with van der Waals surface area (Å²) in [6.45, 7) is 2.25. The summed E-state index contributed by atoms with van der Waals surface area (Å²) >= 11 is 5.92. The Balaban J connectivity index is 1.94. The highest BCUT2D eigenvalue weighted by Gasteiger charge is 2.20. The number of methoxy groups -OCH3 is 1. The van der Waals surface area contributed by atoms with E-state index < -0.39 is 0 Å². The van der Waals surface area contributed by atoms with E-state index in [0.29, 0.717) is 29.2 Å². The first kappa shape index (κ1) is 15.2. The first-order valence-electron chi connectivity index (χ1n) is 7.20. The zero-order chi connectivity index (χ0) is 14.5. The third-order valence-electron chi connectivity index (χ3n) is 3.90. The standard InChI is InChI=1S/C16H22ClNO2/c1-11-4-3-5-14(8-11)18-16(19)9-12-6-7-13(17)10-15(12)20-2/h6-7,10-11,14H,3-5,8-9H2,1-2H3,(H,18,19). The largest absolute Gasteiger partial charge is 0.496 e. The van der Waals surface area contributed by atoms with Crippen molar-refractivity contribution >= 4 is 17.5 Å². The van der Waals surface area contributed by atoms with Gasteiger partial charge in [0, 0.05) is 16.6 Å². The highest BCUT2D eigenvalue weighted by Crippen LogP contribution is 2.25. The lowest BCUT2D eigenvalue weighted by atomic mass is 9.87. The first-order chi connectivity index (χ1) is 9.58. The SMILES string of the molecule is COc1cc(Cl)ccc1CC(=O)NC1CCCC(C)C1. The molecule has 110 valence electrons. The molecule has 0 aliphatic heterocycles. The first-order valence-corrected chi connectivity index (χ1v) is 7.58. The van der Waals surface area contributed by atoms with Gasteiger partial charge in [0.1, 0.15) is 5.75 Å². The van der Waals surface area contributed by atoms with Crippen molar-refractivity contribution in [1.82, 2.24) is 5.32 Å². The van der Waals surface area contributed by atoms with Crippen molar-refractivity contribution in [1.29, 1.82) is 0 Å². The maximum atomic E-state index is 12.1. The van der Waals surface area contributed by atoms with E-state index in [1.807, 2.05) is 6.07 Å². The van der Waals surface area contributed by atoms with E-state index in [1.165, 1.54) is 12.8 Å². The van der Waals surface area contributed by atoms with Crippen LogP contribution in [-0.2, 0) is 11.2 Å². The Bertz CT molecular complexity index is 476. The minimum Gasteiger partial charge on any atom is -0.496 e. The van der Waals surface area contributed by atoms with Gasteiger partial charge in [0.15, 0.2) is 0 Å². The molecule has 1 aromatic rings. The predicted molar refractivity (Wildman–Crippen MR) is 81.3 cm³/mol. The van der Waals surface area contributed by atoms with E-state index in [9.17, 15) is 4.79 Å². The molecule has 20 heavy (non-hydrogen) atoms. The van der Waals surface area contributed by atoms with E-state index in [0.717, 1.165) is 18.4 Å². The number of halogens is 1. The molecule has 0 heterocycles. The number of ether oxygens (including phenoxy) is 1. The van der Waals surface area contributed by atoms with Crippen molar-refractivity contribution in [2.75, 3.05) is 7.11 Å². The van der Waals surface area contributed by atoms with Crippen LogP contribution in [0.25, 0.3) is 0 Å². The van der Waals surface area contributed by atoms with Crippen LogP contribution in [0.5, 0.6) is 5.75 Å². The molecule has 1 amide bonds. The summed E-state index contributed by atoms with van der Waals surface area (Å²) in [6, 6.07) is 5.71. The monoisotopic (exact) mass is 295 g/mol. The van der Waals surface area contributed by atoms with Crippen LogP contribution in [0, 0.1) is 5.92 Å². The Kier molecular flexibility index (Phi) is 5.30. The van der Waals surface area contributed by atoms with Gasteiger partial charge >= 0.3 is 0 Å². The van der Waals surface area contributed by atoms with Crippen molar-refractivity contribution < 1.29 is 9.53 Å². The summed E-state index contributed by atoms with van der Waals surface area (Å²) in [5.74, 6) is 1.44. The normalized spacial score (nSPS) is 22.4. The molecular formula is C16H22ClNO2. The van der Waals surface area contributed by atoms with Crippen LogP contribution in [0.2, 0.25) is 5.02 Å². The lowest BCUT2D eigenvalue weighted by Crippen LogP contribution is -2.38. The van der Waals surface area contributed by atoms with Gasteiger partial charge in [-0.25, -0.2) is 0 Å². The molecule has 0 saturated heterocycles. The molecule has 2 unspecified atom stereocenters. The number of benzene rings is 1. The highest BCUT2D eigenvalue weighted by atomic mass is 35.5. The van der Waals surface area contributed by atoms with Gasteiger partial charge in [-0.2, -0.15) is 0 Å². The second kappa shape index (κ2) is 6.98. The van der Waals surface area contributed by atoms with Crippen LogP contribution in [0.3, 0.4) is 0 Å². The molecule has 0 spiro atoms. The average Bonchev–Trinajstić information content (AvgIpc) is 2.40. The van der Waals surface area contributed by atoms with E-state index in [2.05, 4.69) is 12.2 Å². The fourth-order valence-corrected chi connectivity index (χ4v) is 3.04. The summed E-state index contributed by atoms with van der Waals surface area (Å²) in [4.78, 5) is 12.1. The third kappa shape index (κ3) is 4.14. The number of hydrogen-bond acceptors (Lipinski definition) is 2. The Morgan fingerprint density at radius 2 is 2.25 bits per heavy atom. The molecular weight excluding hydrogens is 274 g/mol. The van der Waals surface area contributed by atoms with Gasteiger partial charge in [-0.15, -0.1) is 0 Å². The minimum atomic E-state index is 0.0599. The van der Waals surface area contributed by atoms with Gasteiger partial charge in [0.25, 0.3) is 0 Å². The fraction of sp³-hybridized carbons (Fsp3) is 0.562. The lowest BCUT2D eigenvalue weighted by molar-refractivity contribution is -0.121. The Morgan fingerprint density at radius 3 is 2.95 bits per heavy atom. The molecule has 0 bridgehead atoms. The maximum Gasteiger partial charge on any atom is 0.224 e. The molecule has 4 heteroatoms. The second-order valence-electron chi connectivity index (χ2n) is 5.67. The predicted octanol–water partition coefficient (Wildman–Crippen LogP) is 3.59. The summed E-state index contributed by atoms with van der Waals surface area (Å²) in [6.07, 6.45) is 5.00. The molecule has 1 saturated carbocycles. The molecule has 1 N–H and O–H groups in total. The smallest absolute Gasteiger partial charge is 0.224 e. The lowest BCUT2D eigenvalue weighted by Gasteiger charge is -2.27. The Morgan fingerprint density at radius 1 is 1.45 bits per heavy atom. The number of carbonyl (C=O) groups is 1. The van der Waals surface area contributed by atoms with E-state index in [4.69, 9.17) is 16.3 Å². The Labute approximate surface area is 125 Å². The molecule has 1 aromatic carbocycles. The molecule has 2 atom stereocenters. The highest BCUT2D eigenvalue weighted by molar-refractivity contribution is 6.30. The molecule has 1 aliphatic carbocycles. The molecule has 1 fully saturated rings. The summed E-state index contributed by atoms with van der Waals surface area (Å²) in [5.41, 5.74) is 0.873. The number of rotatable bonds is 4. The number of carbonyl (C=O) groups excluding carboxylic acids is 1. The van der Waals surface area contributed by atoms with Gasteiger partial charge in [0.05, 0.1) is 13.5 Å². The minimum absolute atomic E-state index is 0.0599. The topological polar surface area (TPSA) is 38.3 Å². The zero-order valence-corrected chi connectivity index (χ0v) is 12.9. The van der Waals surface area contributed by atoms with Gasteiger partial charge in [-0.1, -0.05) is 37.4 Å². The van der Waals surface area contributed by atoms with Gasteiger partial charge in [-0.3, -0.25) is 4.79 Å². The summed E-state index contributed by atoms with van der Waals surface area (Å²) in [5, 5.41) is 3.75. The van der Waals surface area contributed by atoms with Crippen LogP contribution >= 0.6 is 11.6 Å². The van der Waals surface area contributed by atoms with Crippen LogP contribution in [0.1, 0.15) is 38.2 Å². The van der Waals surface area contributed by atoms with E-state index >= 15 is 0 Å². The quantitative estimate of drug-likeness (QED) is 0.922. The molecule has 0 aromatic heterocycles. The Hall–Kier alpha value is -1.22. The van der Waals surface area contributed by atoms with Crippen molar-refractivity contribution in [2.45, 2.75) is 45.1 Å².